The number of nitriles is 1. The minimum Gasteiger partial charge on any atom is -0.488 e. The van der Waals surface area contributed by atoms with Gasteiger partial charge in [-0.1, -0.05) is 6.92 Å². The number of amides is 1. The van der Waals surface area contributed by atoms with Crippen LogP contribution < -0.4 is 24.4 Å². The predicted molar refractivity (Wildman–Crippen MR) is 151 cm³/mol. The molecule has 11 nitrogen and oxygen atoms in total. The second kappa shape index (κ2) is 12.8. The van der Waals surface area contributed by atoms with E-state index < -0.39 is 23.9 Å². The molecule has 2 aliphatic rings. The third-order valence-electron chi connectivity index (χ3n) is 7.38. The van der Waals surface area contributed by atoms with Crippen LogP contribution in [0.4, 0.5) is 29.6 Å². The Kier molecular flexibility index (Phi) is 8.96. The summed E-state index contributed by atoms with van der Waals surface area (Å²) in [5.74, 6) is 1.35. The molecule has 3 heterocycles. The van der Waals surface area contributed by atoms with Gasteiger partial charge in [0.25, 0.3) is 0 Å². The number of alkyl halides is 3. The fourth-order valence-corrected chi connectivity index (χ4v) is 5.36. The van der Waals surface area contributed by atoms with E-state index in [1.165, 1.54) is 24.3 Å². The van der Waals surface area contributed by atoms with Crippen molar-refractivity contribution >= 4 is 17.7 Å². The number of benzene rings is 2. The van der Waals surface area contributed by atoms with Gasteiger partial charge in [-0.05, 0) is 42.7 Å². The highest BCUT2D eigenvalue weighted by Crippen LogP contribution is 2.46. The molecule has 2 atom stereocenters. The van der Waals surface area contributed by atoms with E-state index in [9.17, 15) is 28.3 Å². The van der Waals surface area contributed by atoms with Gasteiger partial charge in [-0.25, -0.2) is 14.8 Å². The second-order valence-electron chi connectivity index (χ2n) is 10.3. The number of rotatable bonds is 9. The van der Waals surface area contributed by atoms with Gasteiger partial charge in [-0.2, -0.15) is 18.4 Å². The number of hydrogen-bond donors (Lipinski definition) is 2. The van der Waals surface area contributed by atoms with E-state index in [1.54, 1.807) is 18.2 Å². The first-order chi connectivity index (χ1) is 21.1. The molecule has 0 radical (unpaired) electrons. The molecule has 2 aliphatic heterocycles. The number of nitrogens with one attached hydrogen (secondary N) is 1. The van der Waals surface area contributed by atoms with Crippen LogP contribution in [0.2, 0.25) is 0 Å². The maximum atomic E-state index is 13.6. The first-order valence-corrected chi connectivity index (χ1v) is 13.9. The SMILES string of the molecule is CC[C@@H]1C[C@H](Nc2ncc(OCCOC)c(Cc3cc(C#N)cc(C(F)(F)F)c3)n2)c2cc3c(cc2N1C(=O)O)OCCO3. The Morgan fingerprint density at radius 1 is 1.18 bits per heavy atom. The summed E-state index contributed by atoms with van der Waals surface area (Å²) in [6, 6.07) is 7.53. The fourth-order valence-electron chi connectivity index (χ4n) is 5.36. The van der Waals surface area contributed by atoms with Gasteiger partial charge >= 0.3 is 12.3 Å². The third-order valence-corrected chi connectivity index (χ3v) is 7.38. The molecule has 3 aromatic rings. The predicted octanol–water partition coefficient (Wildman–Crippen LogP) is 5.57. The van der Waals surface area contributed by atoms with Crippen LogP contribution in [-0.4, -0.2) is 60.7 Å². The Morgan fingerprint density at radius 2 is 1.93 bits per heavy atom. The van der Waals surface area contributed by atoms with E-state index in [2.05, 4.69) is 15.3 Å². The summed E-state index contributed by atoms with van der Waals surface area (Å²) >= 11 is 0. The van der Waals surface area contributed by atoms with Crippen molar-refractivity contribution in [3.8, 4) is 23.3 Å². The Morgan fingerprint density at radius 3 is 2.59 bits per heavy atom. The van der Waals surface area contributed by atoms with E-state index in [0.717, 1.165) is 12.1 Å². The first-order valence-electron chi connectivity index (χ1n) is 13.9. The zero-order valence-corrected chi connectivity index (χ0v) is 24.0. The molecule has 0 saturated heterocycles. The lowest BCUT2D eigenvalue weighted by atomic mass is 9.89. The molecule has 14 heteroatoms. The molecule has 0 bridgehead atoms. The van der Waals surface area contributed by atoms with Gasteiger partial charge in [-0.3, -0.25) is 4.90 Å². The third kappa shape index (κ3) is 6.57. The van der Waals surface area contributed by atoms with E-state index in [-0.39, 0.29) is 48.5 Å². The minimum absolute atomic E-state index is 0.0809. The summed E-state index contributed by atoms with van der Waals surface area (Å²) in [5, 5.41) is 22.7. The number of fused-ring (bicyclic) bond motifs is 2. The highest BCUT2D eigenvalue weighted by molar-refractivity contribution is 5.90. The van der Waals surface area contributed by atoms with Crippen LogP contribution in [0.25, 0.3) is 0 Å². The molecule has 232 valence electrons. The van der Waals surface area contributed by atoms with E-state index in [0.29, 0.717) is 54.5 Å². The Labute approximate surface area is 251 Å². The van der Waals surface area contributed by atoms with Crippen molar-refractivity contribution < 1.29 is 42.0 Å². The maximum absolute atomic E-state index is 13.6. The fraction of sp³-hybridized carbons (Fsp3) is 0.400. The number of methoxy groups -OCH3 is 1. The number of hydrogen-bond acceptors (Lipinski definition) is 9. The molecule has 0 aliphatic carbocycles. The number of anilines is 2. The monoisotopic (exact) mass is 613 g/mol. The van der Waals surface area contributed by atoms with Crippen LogP contribution in [0, 0.1) is 11.3 Å². The van der Waals surface area contributed by atoms with Crippen LogP contribution in [0.3, 0.4) is 0 Å². The Hall–Kier alpha value is -4.77. The number of nitrogens with zero attached hydrogens (tertiary/aromatic N) is 4. The molecule has 44 heavy (non-hydrogen) atoms. The van der Waals surface area contributed by atoms with Gasteiger partial charge in [0.1, 0.15) is 19.8 Å². The lowest BCUT2D eigenvalue weighted by Crippen LogP contribution is -2.45. The normalized spacial score (nSPS) is 17.4. The Bertz CT molecular complexity index is 1580. The van der Waals surface area contributed by atoms with Crippen molar-refractivity contribution in [2.24, 2.45) is 0 Å². The highest BCUT2D eigenvalue weighted by atomic mass is 19.4. The maximum Gasteiger partial charge on any atom is 0.416 e. The van der Waals surface area contributed by atoms with Gasteiger partial charge in [0.05, 0.1) is 47.4 Å². The quantitative estimate of drug-likeness (QED) is 0.294. The van der Waals surface area contributed by atoms with Crippen molar-refractivity contribution in [3.05, 3.63) is 64.5 Å². The number of carboxylic acid groups (broad SMARTS) is 1. The number of carbonyl (C=O) groups is 1. The van der Waals surface area contributed by atoms with E-state index in [1.807, 2.05) is 6.92 Å². The lowest BCUT2D eigenvalue weighted by Gasteiger charge is -2.40. The van der Waals surface area contributed by atoms with Gasteiger partial charge in [0, 0.05) is 31.2 Å². The largest absolute Gasteiger partial charge is 0.488 e. The smallest absolute Gasteiger partial charge is 0.416 e. The minimum atomic E-state index is -4.64. The molecule has 1 amide bonds. The molecule has 5 rings (SSSR count). The summed E-state index contributed by atoms with van der Waals surface area (Å²) < 4.78 is 63.0. The van der Waals surface area contributed by atoms with Crippen molar-refractivity contribution in [1.82, 2.24) is 9.97 Å². The van der Waals surface area contributed by atoms with E-state index >= 15 is 0 Å². The van der Waals surface area contributed by atoms with E-state index in [4.69, 9.17) is 18.9 Å². The summed E-state index contributed by atoms with van der Waals surface area (Å²) in [7, 11) is 1.51. The first kappa shape index (κ1) is 30.7. The molecular weight excluding hydrogens is 583 g/mol. The zero-order valence-electron chi connectivity index (χ0n) is 24.0. The summed E-state index contributed by atoms with van der Waals surface area (Å²) in [6.07, 6.45) is -3.47. The van der Waals surface area contributed by atoms with Crippen molar-refractivity contribution in [3.63, 3.8) is 0 Å². The number of halogens is 3. The van der Waals surface area contributed by atoms with Crippen LogP contribution in [-0.2, 0) is 17.3 Å². The van der Waals surface area contributed by atoms with Crippen LogP contribution in [0.15, 0.2) is 36.5 Å². The second-order valence-corrected chi connectivity index (χ2v) is 10.3. The average Bonchev–Trinajstić information content (AvgIpc) is 3.00. The number of ether oxygens (including phenoxy) is 4. The molecule has 0 fully saturated rings. The van der Waals surface area contributed by atoms with Gasteiger partial charge in [-0.15, -0.1) is 0 Å². The van der Waals surface area contributed by atoms with Crippen molar-refractivity contribution in [2.75, 3.05) is 43.8 Å². The molecule has 0 saturated carbocycles. The summed E-state index contributed by atoms with van der Waals surface area (Å²) in [5.41, 5.74) is 0.522. The molecule has 1 aromatic heterocycles. The number of aromatic nitrogens is 2. The molecule has 2 N–H and O–H groups in total. The van der Waals surface area contributed by atoms with Crippen molar-refractivity contribution in [2.45, 2.75) is 44.4 Å². The summed E-state index contributed by atoms with van der Waals surface area (Å²) in [4.78, 5) is 22.7. The molecule has 0 spiro atoms. The van der Waals surface area contributed by atoms with Crippen LogP contribution in [0.5, 0.6) is 17.2 Å². The Balaban J connectivity index is 1.52. The average molecular weight is 614 g/mol. The van der Waals surface area contributed by atoms with Gasteiger partial charge < -0.3 is 29.4 Å². The van der Waals surface area contributed by atoms with Crippen molar-refractivity contribution in [1.29, 1.82) is 5.26 Å². The highest BCUT2D eigenvalue weighted by Gasteiger charge is 2.37. The van der Waals surface area contributed by atoms with Crippen LogP contribution >= 0.6 is 0 Å². The zero-order chi connectivity index (χ0) is 31.4. The topological polar surface area (TPSA) is 139 Å². The van der Waals surface area contributed by atoms with Gasteiger partial charge in [0.15, 0.2) is 17.2 Å². The molecule has 2 aromatic carbocycles. The lowest BCUT2D eigenvalue weighted by molar-refractivity contribution is -0.137. The van der Waals surface area contributed by atoms with Gasteiger partial charge in [0.2, 0.25) is 5.95 Å². The molecule has 0 unspecified atom stereocenters. The summed E-state index contributed by atoms with van der Waals surface area (Å²) in [6.45, 7) is 3.00. The van der Waals surface area contributed by atoms with Crippen LogP contribution in [0.1, 0.15) is 53.8 Å². The standard InChI is InChI=1S/C30H30F3N5O6/c1-3-20-12-22(21-13-25-26(43-7-6-42-25)14-24(21)38(20)29(39)40)36-28-35-16-27(44-5-4-41-2)23(37-28)11-17-8-18(15-34)10-19(9-17)30(31,32)33/h8-10,13-14,16,20,22H,3-7,11-12H2,1-2H3,(H,39,40)(H,35,36,37)/t20-,22+/m1/s1. The molecular formula is C30H30F3N5O6.